The van der Waals surface area contributed by atoms with Gasteiger partial charge in [0.05, 0.1) is 4.47 Å². The van der Waals surface area contributed by atoms with Crippen LogP contribution in [-0.2, 0) is 12.8 Å². The van der Waals surface area contributed by atoms with Crippen molar-refractivity contribution in [2.45, 2.75) is 19.3 Å². The third-order valence-corrected chi connectivity index (χ3v) is 4.29. The zero-order chi connectivity index (χ0) is 14.8. The Morgan fingerprint density at radius 2 is 1.95 bits per heavy atom. The predicted octanol–water partition coefficient (Wildman–Crippen LogP) is 4.34. The summed E-state index contributed by atoms with van der Waals surface area (Å²) in [5.41, 5.74) is 3.29. The molecule has 4 heteroatoms. The van der Waals surface area contributed by atoms with E-state index >= 15 is 0 Å². The van der Waals surface area contributed by atoms with E-state index in [-0.39, 0.29) is 18.2 Å². The molecular formula is C17H14BrFO2. The van der Waals surface area contributed by atoms with Crippen LogP contribution >= 0.6 is 15.9 Å². The molecule has 0 spiro atoms. The number of hydrogen-bond acceptors (Lipinski definition) is 2. The van der Waals surface area contributed by atoms with Crippen molar-refractivity contribution in [1.82, 2.24) is 0 Å². The maximum atomic E-state index is 13.1. The van der Waals surface area contributed by atoms with E-state index in [9.17, 15) is 9.18 Å². The first-order valence-corrected chi connectivity index (χ1v) is 7.65. The second kappa shape index (κ2) is 5.98. The lowest BCUT2D eigenvalue weighted by Gasteiger charge is -2.07. The summed E-state index contributed by atoms with van der Waals surface area (Å²) < 4.78 is 18.9. The smallest absolute Gasteiger partial charge is 0.200 e. The van der Waals surface area contributed by atoms with Crippen LogP contribution < -0.4 is 4.74 Å². The van der Waals surface area contributed by atoms with Crippen LogP contribution in [0, 0.1) is 5.82 Å². The number of rotatable bonds is 4. The molecule has 2 aromatic carbocycles. The first-order valence-electron chi connectivity index (χ1n) is 6.86. The monoisotopic (exact) mass is 348 g/mol. The Balaban J connectivity index is 1.67. The fourth-order valence-corrected chi connectivity index (χ4v) is 2.90. The summed E-state index contributed by atoms with van der Waals surface area (Å²) in [5, 5.41) is 0. The van der Waals surface area contributed by atoms with Crippen molar-refractivity contribution in [1.29, 1.82) is 0 Å². The van der Waals surface area contributed by atoms with E-state index in [0.717, 1.165) is 19.3 Å². The first kappa shape index (κ1) is 14.3. The summed E-state index contributed by atoms with van der Waals surface area (Å²) >= 11 is 3.09. The highest BCUT2D eigenvalue weighted by Gasteiger charge is 2.14. The highest BCUT2D eigenvalue weighted by Crippen LogP contribution is 2.24. The van der Waals surface area contributed by atoms with Gasteiger partial charge in [0.1, 0.15) is 11.6 Å². The van der Waals surface area contributed by atoms with Crippen molar-refractivity contribution in [3.05, 3.63) is 63.4 Å². The number of halogens is 2. The molecule has 0 amide bonds. The Bertz CT molecular complexity index is 697. The predicted molar refractivity (Wildman–Crippen MR) is 82.4 cm³/mol. The van der Waals surface area contributed by atoms with Crippen LogP contribution in [0.3, 0.4) is 0 Å². The molecule has 108 valence electrons. The Hall–Kier alpha value is -1.68. The van der Waals surface area contributed by atoms with Gasteiger partial charge in [0, 0.05) is 5.56 Å². The maximum Gasteiger partial charge on any atom is 0.200 e. The minimum Gasteiger partial charge on any atom is -0.485 e. The Morgan fingerprint density at radius 3 is 2.76 bits per heavy atom. The number of Topliss-reactive ketones (excluding diaryl/α,β-unsaturated/α-hetero) is 1. The van der Waals surface area contributed by atoms with Crippen LogP contribution in [0.25, 0.3) is 0 Å². The zero-order valence-corrected chi connectivity index (χ0v) is 13.0. The number of aryl methyl sites for hydroxylation is 2. The fraction of sp³-hybridized carbons (Fsp3) is 0.235. The number of ether oxygens (including phenoxy) is 1. The highest BCUT2D eigenvalue weighted by atomic mass is 79.9. The molecule has 0 heterocycles. The van der Waals surface area contributed by atoms with Crippen molar-refractivity contribution in [3.63, 3.8) is 0 Å². The summed E-state index contributed by atoms with van der Waals surface area (Å²) in [7, 11) is 0. The molecule has 1 aliphatic carbocycles. The van der Waals surface area contributed by atoms with E-state index < -0.39 is 0 Å². The number of ketones is 1. The summed E-state index contributed by atoms with van der Waals surface area (Å²) in [6.07, 6.45) is 3.30. The molecule has 0 fully saturated rings. The van der Waals surface area contributed by atoms with Gasteiger partial charge in [-0.2, -0.15) is 0 Å². The lowest BCUT2D eigenvalue weighted by atomic mass is 10.0. The molecule has 0 unspecified atom stereocenters. The van der Waals surface area contributed by atoms with Gasteiger partial charge in [0.15, 0.2) is 12.4 Å². The normalized spacial score (nSPS) is 13.0. The lowest BCUT2D eigenvalue weighted by molar-refractivity contribution is 0.0921. The molecule has 0 aromatic heterocycles. The molecule has 0 radical (unpaired) electrons. The van der Waals surface area contributed by atoms with Gasteiger partial charge in [-0.25, -0.2) is 4.39 Å². The van der Waals surface area contributed by atoms with E-state index in [1.54, 1.807) is 0 Å². The molecule has 2 nitrogen and oxygen atoms in total. The minimum absolute atomic E-state index is 0.0448. The van der Waals surface area contributed by atoms with Crippen LogP contribution in [0.2, 0.25) is 0 Å². The van der Waals surface area contributed by atoms with Crippen LogP contribution in [0.15, 0.2) is 40.9 Å². The Labute approximate surface area is 131 Å². The van der Waals surface area contributed by atoms with Crippen LogP contribution in [0.5, 0.6) is 5.75 Å². The van der Waals surface area contributed by atoms with E-state index in [0.29, 0.717) is 15.8 Å². The van der Waals surface area contributed by atoms with Gasteiger partial charge in [-0.1, -0.05) is 12.1 Å². The van der Waals surface area contributed by atoms with E-state index in [2.05, 4.69) is 15.9 Å². The second-order valence-electron chi connectivity index (χ2n) is 5.12. The summed E-state index contributed by atoms with van der Waals surface area (Å²) in [6, 6.07) is 10.2. The lowest BCUT2D eigenvalue weighted by Crippen LogP contribution is -2.12. The largest absolute Gasteiger partial charge is 0.485 e. The molecule has 0 N–H and O–H groups in total. The van der Waals surface area contributed by atoms with Crippen molar-refractivity contribution >= 4 is 21.7 Å². The zero-order valence-electron chi connectivity index (χ0n) is 11.4. The van der Waals surface area contributed by atoms with E-state index in [4.69, 9.17) is 4.74 Å². The molecule has 3 rings (SSSR count). The van der Waals surface area contributed by atoms with Crippen LogP contribution in [0.4, 0.5) is 4.39 Å². The quantitative estimate of drug-likeness (QED) is 0.768. The molecule has 0 atom stereocenters. The molecule has 0 saturated heterocycles. The number of fused-ring (bicyclic) bond motifs is 1. The second-order valence-corrected chi connectivity index (χ2v) is 5.98. The number of carbonyl (C=O) groups is 1. The molecule has 2 aromatic rings. The number of benzene rings is 2. The van der Waals surface area contributed by atoms with Gasteiger partial charge in [0.25, 0.3) is 0 Å². The van der Waals surface area contributed by atoms with Crippen molar-refractivity contribution in [2.24, 2.45) is 0 Å². The van der Waals surface area contributed by atoms with Crippen molar-refractivity contribution < 1.29 is 13.9 Å². The van der Waals surface area contributed by atoms with Crippen LogP contribution in [-0.4, -0.2) is 12.4 Å². The number of hydrogen-bond donors (Lipinski definition) is 0. The van der Waals surface area contributed by atoms with Gasteiger partial charge in [-0.3, -0.25) is 4.79 Å². The van der Waals surface area contributed by atoms with Gasteiger partial charge < -0.3 is 4.74 Å². The molecule has 0 aliphatic heterocycles. The third kappa shape index (κ3) is 3.16. The topological polar surface area (TPSA) is 26.3 Å². The summed E-state index contributed by atoms with van der Waals surface area (Å²) in [6.45, 7) is -0.0448. The van der Waals surface area contributed by atoms with E-state index in [1.807, 2.05) is 18.2 Å². The molecule has 0 saturated carbocycles. The van der Waals surface area contributed by atoms with E-state index in [1.165, 1.54) is 29.3 Å². The van der Waals surface area contributed by atoms with Gasteiger partial charge in [-0.15, -0.1) is 0 Å². The molecule has 21 heavy (non-hydrogen) atoms. The van der Waals surface area contributed by atoms with Crippen molar-refractivity contribution in [3.8, 4) is 5.75 Å². The van der Waals surface area contributed by atoms with Crippen molar-refractivity contribution in [2.75, 3.05) is 6.61 Å². The average Bonchev–Trinajstić information content (AvgIpc) is 2.95. The van der Waals surface area contributed by atoms with Gasteiger partial charge in [-0.05, 0) is 70.6 Å². The molecular weight excluding hydrogens is 335 g/mol. The average molecular weight is 349 g/mol. The SMILES string of the molecule is O=C(COc1ccc(F)c(Br)c1)c1ccc2c(c1)CCC2. The summed E-state index contributed by atoms with van der Waals surface area (Å²) in [4.78, 5) is 12.2. The minimum atomic E-state index is -0.354. The Morgan fingerprint density at radius 1 is 1.14 bits per heavy atom. The summed E-state index contributed by atoms with van der Waals surface area (Å²) in [5.74, 6) is 0.0511. The number of carbonyl (C=O) groups excluding carboxylic acids is 1. The highest BCUT2D eigenvalue weighted by molar-refractivity contribution is 9.10. The first-order chi connectivity index (χ1) is 10.1. The third-order valence-electron chi connectivity index (χ3n) is 3.68. The van der Waals surface area contributed by atoms with Gasteiger partial charge in [0.2, 0.25) is 0 Å². The van der Waals surface area contributed by atoms with Crippen LogP contribution in [0.1, 0.15) is 27.9 Å². The molecule has 1 aliphatic rings. The maximum absolute atomic E-state index is 13.1. The standard InChI is InChI=1S/C17H14BrFO2/c18-15-9-14(6-7-16(15)19)21-10-17(20)13-5-4-11-2-1-3-12(11)8-13/h4-9H,1-3,10H2. The fourth-order valence-electron chi connectivity index (χ4n) is 2.54. The van der Waals surface area contributed by atoms with Gasteiger partial charge >= 0.3 is 0 Å². The molecule has 0 bridgehead atoms. The Kier molecular flexibility index (Phi) is 4.06.